The van der Waals surface area contributed by atoms with E-state index in [4.69, 9.17) is 23.8 Å². The van der Waals surface area contributed by atoms with Crippen LogP contribution in [0.5, 0.6) is 0 Å². The lowest BCUT2D eigenvalue weighted by molar-refractivity contribution is 0.600. The summed E-state index contributed by atoms with van der Waals surface area (Å²) >= 11 is 11.1. The van der Waals surface area contributed by atoms with Crippen LogP contribution in [0.3, 0.4) is 0 Å². The molecule has 0 unspecified atom stereocenters. The molecule has 1 aromatic carbocycles. The van der Waals surface area contributed by atoms with E-state index in [0.29, 0.717) is 5.11 Å². The van der Waals surface area contributed by atoms with E-state index in [0.717, 1.165) is 5.69 Å². The minimum absolute atomic E-state index is 0.000171. The molecule has 98 valence electrons. The van der Waals surface area contributed by atoms with Crippen molar-refractivity contribution >= 4 is 44.5 Å². The van der Waals surface area contributed by atoms with Crippen LogP contribution in [0.1, 0.15) is 0 Å². The Bertz CT molecular complexity index is 533. The standard InChI is InChI=1S/C11H13ClN2O2S2/c12-9-6-18(15,16)7-10(9)14-11(17)13-8-4-2-1-3-5-8/h1-5,9-10H,6-7H2,(H2,13,14,17)/t9-,10-/m0/s1. The minimum Gasteiger partial charge on any atom is -0.357 e. The lowest BCUT2D eigenvalue weighted by Crippen LogP contribution is -2.42. The molecule has 1 saturated heterocycles. The fourth-order valence-corrected chi connectivity index (χ4v) is 4.61. The Kier molecular flexibility index (Phi) is 4.09. The topological polar surface area (TPSA) is 58.2 Å². The van der Waals surface area contributed by atoms with Crippen molar-refractivity contribution in [3.63, 3.8) is 0 Å². The quantitative estimate of drug-likeness (QED) is 0.638. The average Bonchev–Trinajstić information content (AvgIpc) is 2.53. The summed E-state index contributed by atoms with van der Waals surface area (Å²) in [5.41, 5.74) is 0.849. The maximum atomic E-state index is 11.4. The number of thiocarbonyl (C=S) groups is 1. The molecule has 0 amide bonds. The lowest BCUT2D eigenvalue weighted by atomic mass is 10.2. The molecule has 2 rings (SSSR count). The normalized spacial score (nSPS) is 25.6. The Morgan fingerprint density at radius 2 is 1.94 bits per heavy atom. The van der Waals surface area contributed by atoms with Gasteiger partial charge in [0.15, 0.2) is 14.9 Å². The second-order valence-electron chi connectivity index (χ2n) is 4.16. The van der Waals surface area contributed by atoms with Gasteiger partial charge in [-0.15, -0.1) is 11.6 Å². The fourth-order valence-electron chi connectivity index (χ4n) is 1.79. The van der Waals surface area contributed by atoms with Crippen molar-refractivity contribution in [2.24, 2.45) is 0 Å². The highest BCUT2D eigenvalue weighted by Gasteiger charge is 2.36. The maximum absolute atomic E-state index is 11.4. The maximum Gasteiger partial charge on any atom is 0.171 e. The molecule has 0 spiro atoms. The van der Waals surface area contributed by atoms with E-state index in [1.807, 2.05) is 30.3 Å². The van der Waals surface area contributed by atoms with E-state index < -0.39 is 15.2 Å². The molecule has 1 fully saturated rings. The number of hydrogen-bond donors (Lipinski definition) is 2. The third-order valence-electron chi connectivity index (χ3n) is 2.63. The van der Waals surface area contributed by atoms with Gasteiger partial charge >= 0.3 is 0 Å². The molecule has 0 bridgehead atoms. The SMILES string of the molecule is O=S1(=O)C[C@H](NC(=S)Nc2ccccc2)[C@@H](Cl)C1. The van der Waals surface area contributed by atoms with Crippen LogP contribution in [-0.2, 0) is 9.84 Å². The first kappa shape index (κ1) is 13.6. The van der Waals surface area contributed by atoms with Crippen LogP contribution in [-0.4, -0.2) is 36.5 Å². The van der Waals surface area contributed by atoms with Gasteiger partial charge in [-0.2, -0.15) is 0 Å². The first-order valence-corrected chi connectivity index (χ1v) is 8.10. The highest BCUT2D eigenvalue weighted by Crippen LogP contribution is 2.18. The number of benzene rings is 1. The van der Waals surface area contributed by atoms with Gasteiger partial charge in [0.2, 0.25) is 0 Å². The summed E-state index contributed by atoms with van der Waals surface area (Å²) in [5.74, 6) is 0.0257. The van der Waals surface area contributed by atoms with Crippen LogP contribution in [0, 0.1) is 0 Å². The van der Waals surface area contributed by atoms with Crippen molar-refractivity contribution in [2.45, 2.75) is 11.4 Å². The largest absolute Gasteiger partial charge is 0.357 e. The molecule has 1 aliphatic heterocycles. The number of rotatable bonds is 2. The molecule has 0 radical (unpaired) electrons. The number of nitrogens with one attached hydrogen (secondary N) is 2. The van der Waals surface area contributed by atoms with E-state index in [2.05, 4.69) is 10.6 Å². The number of anilines is 1. The summed E-state index contributed by atoms with van der Waals surface area (Å²) < 4.78 is 22.8. The van der Waals surface area contributed by atoms with Gasteiger partial charge in [-0.25, -0.2) is 8.42 Å². The fraction of sp³-hybridized carbons (Fsp3) is 0.364. The molecule has 2 atom stereocenters. The van der Waals surface area contributed by atoms with Gasteiger partial charge in [0.25, 0.3) is 0 Å². The van der Waals surface area contributed by atoms with Crippen LogP contribution < -0.4 is 10.6 Å². The Balaban J connectivity index is 1.93. The van der Waals surface area contributed by atoms with Crippen molar-refractivity contribution in [1.29, 1.82) is 0 Å². The van der Waals surface area contributed by atoms with E-state index in [1.165, 1.54) is 0 Å². The zero-order valence-corrected chi connectivity index (χ0v) is 11.9. The highest BCUT2D eigenvalue weighted by atomic mass is 35.5. The van der Waals surface area contributed by atoms with E-state index >= 15 is 0 Å². The van der Waals surface area contributed by atoms with Gasteiger partial charge in [0.05, 0.1) is 22.9 Å². The Morgan fingerprint density at radius 1 is 1.28 bits per heavy atom. The second-order valence-corrected chi connectivity index (χ2v) is 7.29. The molecule has 7 heteroatoms. The summed E-state index contributed by atoms with van der Waals surface area (Å²) in [6, 6.07) is 9.08. The number of halogens is 1. The molecular weight excluding hydrogens is 292 g/mol. The highest BCUT2D eigenvalue weighted by molar-refractivity contribution is 7.91. The van der Waals surface area contributed by atoms with Gasteiger partial charge in [0, 0.05) is 5.69 Å². The molecule has 0 aromatic heterocycles. The number of para-hydroxylation sites is 1. The molecule has 0 saturated carbocycles. The minimum atomic E-state index is -3.04. The first-order chi connectivity index (χ1) is 8.46. The van der Waals surface area contributed by atoms with E-state index in [1.54, 1.807) is 0 Å². The van der Waals surface area contributed by atoms with Crippen LogP contribution >= 0.6 is 23.8 Å². The Labute approximate surface area is 117 Å². The van der Waals surface area contributed by atoms with Crippen LogP contribution in [0.2, 0.25) is 0 Å². The molecule has 0 aliphatic carbocycles. The lowest BCUT2D eigenvalue weighted by Gasteiger charge is -2.17. The Hall–Kier alpha value is -0.850. The molecule has 2 N–H and O–H groups in total. The van der Waals surface area contributed by atoms with Crippen LogP contribution in [0.15, 0.2) is 30.3 Å². The molecule has 1 heterocycles. The molecule has 18 heavy (non-hydrogen) atoms. The molecule has 4 nitrogen and oxygen atoms in total. The van der Waals surface area contributed by atoms with Crippen LogP contribution in [0.4, 0.5) is 5.69 Å². The number of sulfone groups is 1. The van der Waals surface area contributed by atoms with E-state index in [9.17, 15) is 8.42 Å². The third-order valence-corrected chi connectivity index (χ3v) is 5.23. The van der Waals surface area contributed by atoms with Gasteiger partial charge in [0.1, 0.15) is 0 Å². The molecular formula is C11H13ClN2O2S2. The summed E-state index contributed by atoms with van der Waals surface area (Å²) in [5, 5.41) is 5.87. The third kappa shape index (κ3) is 3.57. The second kappa shape index (κ2) is 5.42. The van der Waals surface area contributed by atoms with E-state index in [-0.39, 0.29) is 17.5 Å². The van der Waals surface area contributed by atoms with Crippen LogP contribution in [0.25, 0.3) is 0 Å². The summed E-state index contributed by atoms with van der Waals surface area (Å²) in [4.78, 5) is 0. The smallest absolute Gasteiger partial charge is 0.171 e. The van der Waals surface area contributed by atoms with Crippen molar-refractivity contribution in [2.75, 3.05) is 16.8 Å². The first-order valence-electron chi connectivity index (χ1n) is 5.43. The zero-order valence-electron chi connectivity index (χ0n) is 9.47. The van der Waals surface area contributed by atoms with Crippen molar-refractivity contribution in [1.82, 2.24) is 5.32 Å². The summed E-state index contributed by atoms with van der Waals surface area (Å²) in [6.45, 7) is 0. The van der Waals surface area contributed by atoms with Gasteiger partial charge in [-0.1, -0.05) is 18.2 Å². The predicted molar refractivity (Wildman–Crippen MR) is 77.9 cm³/mol. The monoisotopic (exact) mass is 304 g/mol. The van der Waals surface area contributed by atoms with Gasteiger partial charge < -0.3 is 10.6 Å². The summed E-state index contributed by atoms with van der Waals surface area (Å²) in [6.07, 6.45) is 0. The predicted octanol–water partition coefficient (Wildman–Crippen LogP) is 1.38. The van der Waals surface area contributed by atoms with Crippen molar-refractivity contribution < 1.29 is 8.42 Å². The number of hydrogen-bond acceptors (Lipinski definition) is 3. The van der Waals surface area contributed by atoms with Gasteiger partial charge in [-0.3, -0.25) is 0 Å². The molecule has 1 aromatic rings. The zero-order chi connectivity index (χ0) is 13.2. The number of alkyl halides is 1. The molecule has 1 aliphatic rings. The average molecular weight is 305 g/mol. The summed E-state index contributed by atoms with van der Waals surface area (Å²) in [7, 11) is -3.04. The van der Waals surface area contributed by atoms with Gasteiger partial charge in [-0.05, 0) is 24.4 Å². The van der Waals surface area contributed by atoms with Crippen molar-refractivity contribution in [3.05, 3.63) is 30.3 Å². The Morgan fingerprint density at radius 3 is 2.50 bits per heavy atom. The van der Waals surface area contributed by atoms with Crippen molar-refractivity contribution in [3.8, 4) is 0 Å².